The predicted octanol–water partition coefficient (Wildman–Crippen LogP) is 6.34. The zero-order chi connectivity index (χ0) is 26.3. The van der Waals surface area contributed by atoms with Crippen LogP contribution in [0.3, 0.4) is 0 Å². The van der Waals surface area contributed by atoms with Crippen molar-refractivity contribution in [1.29, 1.82) is 0 Å². The molecule has 37 heavy (non-hydrogen) atoms. The molecule has 6 nitrogen and oxygen atoms in total. The van der Waals surface area contributed by atoms with Crippen LogP contribution in [-0.4, -0.2) is 46.3 Å². The minimum absolute atomic E-state index is 0.000183. The average Bonchev–Trinajstić information content (AvgIpc) is 3.34. The molecule has 0 radical (unpaired) electrons. The zero-order valence-corrected chi connectivity index (χ0v) is 23.6. The minimum atomic E-state index is 0.000183. The monoisotopic (exact) mass is 540 g/mol. The molecule has 8 heteroatoms. The lowest BCUT2D eigenvalue weighted by molar-refractivity contribution is -0.126. The van der Waals surface area contributed by atoms with Crippen LogP contribution >= 0.6 is 23.4 Å². The molecule has 0 bridgehead atoms. The van der Waals surface area contributed by atoms with E-state index < -0.39 is 0 Å². The van der Waals surface area contributed by atoms with E-state index in [1.807, 2.05) is 42.1 Å². The Morgan fingerprint density at radius 1 is 1.22 bits per heavy atom. The number of carbonyl (C=O) groups is 1. The van der Waals surface area contributed by atoms with E-state index in [-0.39, 0.29) is 17.2 Å². The fourth-order valence-corrected chi connectivity index (χ4v) is 5.63. The highest BCUT2D eigenvalue weighted by Crippen LogP contribution is 2.25. The lowest BCUT2D eigenvalue weighted by Crippen LogP contribution is -2.43. The number of rotatable bonds is 10. The molecule has 1 aromatic heterocycles. The Morgan fingerprint density at radius 2 is 2.03 bits per heavy atom. The van der Waals surface area contributed by atoms with Crippen LogP contribution in [0.1, 0.15) is 57.1 Å². The van der Waals surface area contributed by atoms with Crippen LogP contribution in [-0.2, 0) is 22.5 Å². The minimum Gasteiger partial charge on any atom is -0.356 e. The van der Waals surface area contributed by atoms with E-state index in [0.29, 0.717) is 31.3 Å². The molecule has 1 saturated heterocycles. The van der Waals surface area contributed by atoms with E-state index in [4.69, 9.17) is 16.1 Å². The molecule has 1 aliphatic rings. The molecule has 1 aliphatic heterocycles. The predicted molar refractivity (Wildman–Crippen MR) is 152 cm³/mol. The second kappa shape index (κ2) is 12.9. The summed E-state index contributed by atoms with van der Waals surface area (Å²) in [7, 11) is 0. The fraction of sp³-hybridized carbons (Fsp3) is 0.483. The third-order valence-corrected chi connectivity index (χ3v) is 7.98. The maximum atomic E-state index is 12.8. The Morgan fingerprint density at radius 3 is 2.78 bits per heavy atom. The quantitative estimate of drug-likeness (QED) is 0.302. The number of amides is 1. The number of hydrogen-bond acceptors (Lipinski definition) is 6. The summed E-state index contributed by atoms with van der Waals surface area (Å²) >= 11 is 7.91. The van der Waals surface area contributed by atoms with Gasteiger partial charge in [-0.15, -0.1) is 0 Å². The number of hydrogen-bond donors (Lipinski definition) is 1. The van der Waals surface area contributed by atoms with E-state index in [1.54, 1.807) is 0 Å². The second-order valence-corrected chi connectivity index (χ2v) is 12.3. The standard InChI is InChI=1S/C29H37ClN4O2S/c1-29(2,3)24-12-10-22(11-13-24)27-32-26(36-33-27)19-34-15-5-8-23(18-34)28(35)31-14-6-16-37-20-21-7-4-9-25(30)17-21/h4,7,9-13,17,23H,5-6,8,14-16,18-20H2,1-3H3,(H,31,35). The van der Waals surface area contributed by atoms with Gasteiger partial charge >= 0.3 is 0 Å². The van der Waals surface area contributed by atoms with Gasteiger partial charge in [-0.05, 0) is 60.2 Å². The highest BCUT2D eigenvalue weighted by molar-refractivity contribution is 7.98. The summed E-state index contributed by atoms with van der Waals surface area (Å²) in [5.41, 5.74) is 3.56. The van der Waals surface area contributed by atoms with Crippen LogP contribution in [0.15, 0.2) is 53.1 Å². The smallest absolute Gasteiger partial charge is 0.241 e. The molecule has 1 N–H and O–H groups in total. The molecule has 1 fully saturated rings. The van der Waals surface area contributed by atoms with Crippen molar-refractivity contribution in [1.82, 2.24) is 20.4 Å². The molecule has 2 heterocycles. The maximum Gasteiger partial charge on any atom is 0.241 e. The van der Waals surface area contributed by atoms with Crippen LogP contribution < -0.4 is 5.32 Å². The number of benzene rings is 2. The first-order valence-corrected chi connectivity index (χ1v) is 14.6. The van der Waals surface area contributed by atoms with E-state index in [9.17, 15) is 4.79 Å². The van der Waals surface area contributed by atoms with Gasteiger partial charge in [-0.1, -0.05) is 73.9 Å². The van der Waals surface area contributed by atoms with Crippen LogP contribution in [0.5, 0.6) is 0 Å². The molecular formula is C29H37ClN4O2S. The van der Waals surface area contributed by atoms with Crippen molar-refractivity contribution in [2.45, 2.75) is 57.7 Å². The Labute approximate surface area is 229 Å². The van der Waals surface area contributed by atoms with Gasteiger partial charge in [0.15, 0.2) is 0 Å². The molecule has 2 aromatic carbocycles. The number of likely N-dealkylation sites (tertiary alicyclic amines) is 1. The van der Waals surface area contributed by atoms with E-state index in [0.717, 1.165) is 47.9 Å². The first-order valence-electron chi connectivity index (χ1n) is 13.0. The molecular weight excluding hydrogens is 504 g/mol. The molecule has 1 amide bonds. The molecule has 1 unspecified atom stereocenters. The Balaban J connectivity index is 1.18. The number of halogens is 1. The summed E-state index contributed by atoms with van der Waals surface area (Å²) < 4.78 is 5.54. The highest BCUT2D eigenvalue weighted by atomic mass is 35.5. The zero-order valence-electron chi connectivity index (χ0n) is 22.0. The van der Waals surface area contributed by atoms with Gasteiger partial charge in [0.2, 0.25) is 17.6 Å². The van der Waals surface area contributed by atoms with Gasteiger partial charge in [0.05, 0.1) is 12.5 Å². The van der Waals surface area contributed by atoms with Gasteiger partial charge in [-0.3, -0.25) is 9.69 Å². The number of carbonyl (C=O) groups excluding carboxylic acids is 1. The summed E-state index contributed by atoms with van der Waals surface area (Å²) in [6.45, 7) is 9.52. The van der Waals surface area contributed by atoms with E-state index >= 15 is 0 Å². The van der Waals surface area contributed by atoms with Gasteiger partial charge in [0, 0.05) is 29.4 Å². The number of piperidine rings is 1. The lowest BCUT2D eigenvalue weighted by Gasteiger charge is -2.30. The summed E-state index contributed by atoms with van der Waals surface area (Å²) in [6, 6.07) is 16.3. The maximum absolute atomic E-state index is 12.8. The van der Waals surface area contributed by atoms with Crippen molar-refractivity contribution in [2.75, 3.05) is 25.4 Å². The molecule has 1 atom stereocenters. The van der Waals surface area contributed by atoms with Gasteiger partial charge in [-0.25, -0.2) is 0 Å². The normalized spacial score (nSPS) is 16.6. The number of nitrogens with one attached hydrogen (secondary N) is 1. The second-order valence-electron chi connectivity index (χ2n) is 10.7. The molecule has 4 rings (SSSR count). The largest absolute Gasteiger partial charge is 0.356 e. The van der Waals surface area contributed by atoms with Crippen LogP contribution in [0.2, 0.25) is 5.02 Å². The molecule has 198 valence electrons. The summed E-state index contributed by atoms with van der Waals surface area (Å²) in [5.74, 6) is 3.28. The highest BCUT2D eigenvalue weighted by Gasteiger charge is 2.26. The first-order chi connectivity index (χ1) is 17.8. The van der Waals surface area contributed by atoms with Crippen molar-refractivity contribution < 1.29 is 9.32 Å². The van der Waals surface area contributed by atoms with Gasteiger partial charge in [0.1, 0.15) is 0 Å². The molecule has 0 spiro atoms. The Hall–Kier alpha value is -2.35. The third-order valence-electron chi connectivity index (χ3n) is 6.63. The van der Waals surface area contributed by atoms with Crippen molar-refractivity contribution in [3.05, 3.63) is 70.6 Å². The van der Waals surface area contributed by atoms with Crippen LogP contribution in [0.4, 0.5) is 0 Å². The SMILES string of the molecule is CC(C)(C)c1ccc(-c2noc(CN3CCCC(C(=O)NCCCSCc4cccc(Cl)c4)C3)n2)cc1. The number of nitrogens with zero attached hydrogens (tertiary/aromatic N) is 3. The molecule has 0 aliphatic carbocycles. The molecule has 3 aromatic rings. The van der Waals surface area contributed by atoms with Crippen LogP contribution in [0, 0.1) is 5.92 Å². The number of thioether (sulfide) groups is 1. The van der Waals surface area contributed by atoms with E-state index in [2.05, 4.69) is 59.3 Å². The fourth-order valence-electron chi connectivity index (χ4n) is 4.51. The van der Waals surface area contributed by atoms with Crippen molar-refractivity contribution in [2.24, 2.45) is 5.92 Å². The average molecular weight is 541 g/mol. The topological polar surface area (TPSA) is 71.3 Å². The van der Waals surface area contributed by atoms with Crippen LogP contribution in [0.25, 0.3) is 11.4 Å². The Kier molecular flexibility index (Phi) is 9.68. The van der Waals surface area contributed by atoms with E-state index in [1.165, 1.54) is 11.1 Å². The number of aromatic nitrogens is 2. The van der Waals surface area contributed by atoms with Crippen molar-refractivity contribution in [3.8, 4) is 11.4 Å². The summed E-state index contributed by atoms with van der Waals surface area (Å²) in [6.07, 6.45) is 2.86. The Bertz CT molecular complexity index is 1160. The molecule has 0 saturated carbocycles. The first kappa shape index (κ1) is 27.7. The van der Waals surface area contributed by atoms with Gasteiger partial charge in [-0.2, -0.15) is 16.7 Å². The van der Waals surface area contributed by atoms with Crippen molar-refractivity contribution >= 4 is 29.3 Å². The summed E-state index contributed by atoms with van der Waals surface area (Å²) in [4.78, 5) is 19.6. The van der Waals surface area contributed by atoms with Gasteiger partial charge in [0.25, 0.3) is 0 Å². The third kappa shape index (κ3) is 8.32. The van der Waals surface area contributed by atoms with Gasteiger partial charge < -0.3 is 9.84 Å². The lowest BCUT2D eigenvalue weighted by atomic mass is 9.87. The van der Waals surface area contributed by atoms with Crippen molar-refractivity contribution in [3.63, 3.8) is 0 Å². The summed E-state index contributed by atoms with van der Waals surface area (Å²) in [5, 5.41) is 8.09.